The van der Waals surface area contributed by atoms with Gasteiger partial charge in [0.2, 0.25) is 0 Å². The van der Waals surface area contributed by atoms with Gasteiger partial charge in [0.05, 0.1) is 24.5 Å². The second-order valence-corrected chi connectivity index (χ2v) is 7.04. The van der Waals surface area contributed by atoms with Crippen molar-refractivity contribution < 1.29 is 18.7 Å². The van der Waals surface area contributed by atoms with Crippen molar-refractivity contribution in [2.24, 2.45) is 5.10 Å². The minimum atomic E-state index is -0.441. The van der Waals surface area contributed by atoms with Gasteiger partial charge in [0.15, 0.2) is 17.3 Å². The third-order valence-electron chi connectivity index (χ3n) is 4.82. The van der Waals surface area contributed by atoms with Crippen LogP contribution in [0.15, 0.2) is 82.3 Å². The Balaban J connectivity index is 1.43. The van der Waals surface area contributed by atoms with E-state index in [0.29, 0.717) is 34.8 Å². The molecule has 7 nitrogen and oxygen atoms in total. The molecule has 164 valence electrons. The Labute approximate surface area is 190 Å². The Morgan fingerprint density at radius 1 is 1.06 bits per heavy atom. The number of carbonyl (C=O) groups excluding carboxylic acids is 1. The highest BCUT2D eigenvalue weighted by atomic mass is 16.5. The molecule has 4 rings (SSSR count). The first-order chi connectivity index (χ1) is 16.2. The second-order valence-electron chi connectivity index (χ2n) is 7.04. The zero-order valence-electron chi connectivity index (χ0n) is 17.9. The number of para-hydroxylation sites is 1. The number of ether oxygens (including phenoxy) is 2. The average Bonchev–Trinajstić information content (AvgIpc) is 3.28. The summed E-state index contributed by atoms with van der Waals surface area (Å²) in [6.45, 7) is 2.57. The number of nitrogens with one attached hydrogen (secondary N) is 1. The molecule has 0 aliphatic rings. The van der Waals surface area contributed by atoms with E-state index < -0.39 is 5.91 Å². The van der Waals surface area contributed by atoms with Crippen molar-refractivity contribution in [3.05, 3.63) is 95.2 Å². The lowest BCUT2D eigenvalue weighted by Gasteiger charge is -2.13. The smallest absolute Gasteiger partial charge is 0.307 e. The normalized spacial score (nSPS) is 10.8. The predicted molar refractivity (Wildman–Crippen MR) is 124 cm³/mol. The van der Waals surface area contributed by atoms with E-state index in [1.165, 1.54) is 6.21 Å². The maximum absolute atomic E-state index is 12.3. The van der Waals surface area contributed by atoms with Gasteiger partial charge in [-0.2, -0.15) is 10.4 Å². The van der Waals surface area contributed by atoms with Crippen LogP contribution in [0.2, 0.25) is 0 Å². The highest BCUT2D eigenvalue weighted by Gasteiger charge is 2.11. The number of fused-ring (bicyclic) bond motifs is 1. The van der Waals surface area contributed by atoms with E-state index >= 15 is 0 Å². The number of amides is 1. The Morgan fingerprint density at radius 3 is 2.70 bits per heavy atom. The van der Waals surface area contributed by atoms with Crippen molar-refractivity contribution in [1.82, 2.24) is 5.43 Å². The summed E-state index contributed by atoms with van der Waals surface area (Å²) in [5, 5.41) is 14.1. The molecular weight excluding hydrogens is 418 g/mol. The number of nitriles is 1. The summed E-state index contributed by atoms with van der Waals surface area (Å²) in [4.78, 5) is 12.3. The summed E-state index contributed by atoms with van der Waals surface area (Å²) in [6.07, 6.45) is 1.51. The van der Waals surface area contributed by atoms with Crippen molar-refractivity contribution in [1.29, 1.82) is 5.26 Å². The quantitative estimate of drug-likeness (QED) is 0.306. The van der Waals surface area contributed by atoms with Gasteiger partial charge < -0.3 is 13.9 Å². The number of furan rings is 1. The lowest BCUT2D eigenvalue weighted by molar-refractivity contribution is 0.0929. The van der Waals surface area contributed by atoms with Gasteiger partial charge in [0, 0.05) is 10.9 Å². The van der Waals surface area contributed by atoms with E-state index in [0.717, 1.165) is 10.9 Å². The van der Waals surface area contributed by atoms with Crippen molar-refractivity contribution in [3.8, 4) is 17.6 Å². The van der Waals surface area contributed by atoms with Gasteiger partial charge in [0.25, 0.3) is 0 Å². The molecule has 0 saturated carbocycles. The van der Waals surface area contributed by atoms with Crippen LogP contribution in [0.1, 0.15) is 34.2 Å². The summed E-state index contributed by atoms with van der Waals surface area (Å²) in [6, 6.07) is 23.8. The fraction of sp³-hybridized carbons (Fsp3) is 0.115. The molecule has 33 heavy (non-hydrogen) atoms. The number of nitrogens with zero attached hydrogens (tertiary/aromatic N) is 2. The Bertz CT molecular complexity index is 1320. The van der Waals surface area contributed by atoms with Crippen molar-refractivity contribution in [2.45, 2.75) is 13.5 Å². The molecule has 0 aliphatic carbocycles. The molecule has 1 aromatic heterocycles. The average molecular weight is 439 g/mol. The number of rotatable bonds is 8. The molecule has 1 N–H and O–H groups in total. The second kappa shape index (κ2) is 10.2. The van der Waals surface area contributed by atoms with Crippen molar-refractivity contribution >= 4 is 23.1 Å². The summed E-state index contributed by atoms with van der Waals surface area (Å²) >= 11 is 0. The molecule has 7 heteroatoms. The molecule has 1 amide bonds. The number of benzene rings is 3. The summed E-state index contributed by atoms with van der Waals surface area (Å²) in [7, 11) is 0. The number of hydrogen-bond donors (Lipinski definition) is 1. The van der Waals surface area contributed by atoms with Gasteiger partial charge in [-0.25, -0.2) is 5.43 Å². The Morgan fingerprint density at radius 2 is 1.88 bits per heavy atom. The van der Waals surface area contributed by atoms with Gasteiger partial charge in [-0.3, -0.25) is 4.79 Å². The zero-order chi connectivity index (χ0) is 23.0. The molecule has 0 unspecified atom stereocenters. The molecule has 1 heterocycles. The molecule has 4 aromatic rings. The fourth-order valence-corrected chi connectivity index (χ4v) is 3.22. The van der Waals surface area contributed by atoms with Gasteiger partial charge >= 0.3 is 5.91 Å². The monoisotopic (exact) mass is 439 g/mol. The third-order valence-corrected chi connectivity index (χ3v) is 4.82. The molecule has 0 saturated heterocycles. The SMILES string of the molecule is CCOc1cc(/C=N/NC(=O)c2cc3ccccc3o2)ccc1OCc1ccccc1C#N. The van der Waals surface area contributed by atoms with Crippen molar-refractivity contribution in [3.63, 3.8) is 0 Å². The van der Waals surface area contributed by atoms with E-state index in [4.69, 9.17) is 13.9 Å². The first kappa shape index (κ1) is 21.7. The Kier molecular flexibility index (Phi) is 6.67. The predicted octanol–water partition coefficient (Wildman–Crippen LogP) is 5.05. The molecule has 0 fully saturated rings. The van der Waals surface area contributed by atoms with Crippen LogP contribution in [0.3, 0.4) is 0 Å². The van der Waals surface area contributed by atoms with Gasteiger partial charge in [-0.15, -0.1) is 0 Å². The minimum absolute atomic E-state index is 0.185. The molecule has 0 aliphatic heterocycles. The highest BCUT2D eigenvalue weighted by molar-refractivity contribution is 5.96. The van der Waals surface area contributed by atoms with Crippen LogP contribution < -0.4 is 14.9 Å². The molecule has 0 spiro atoms. The molecule has 3 aromatic carbocycles. The van der Waals surface area contributed by atoms with Gasteiger partial charge in [-0.1, -0.05) is 36.4 Å². The van der Waals surface area contributed by atoms with E-state index in [-0.39, 0.29) is 12.4 Å². The first-order valence-corrected chi connectivity index (χ1v) is 10.4. The lowest BCUT2D eigenvalue weighted by Crippen LogP contribution is -2.16. The molecule has 0 atom stereocenters. The minimum Gasteiger partial charge on any atom is -0.490 e. The highest BCUT2D eigenvalue weighted by Crippen LogP contribution is 2.29. The number of carbonyl (C=O) groups is 1. The zero-order valence-corrected chi connectivity index (χ0v) is 17.9. The third kappa shape index (κ3) is 5.20. The van der Waals surface area contributed by atoms with E-state index in [2.05, 4.69) is 16.6 Å². The largest absolute Gasteiger partial charge is 0.490 e. The summed E-state index contributed by atoms with van der Waals surface area (Å²) in [5.41, 5.74) is 5.19. The number of hydrazone groups is 1. The lowest BCUT2D eigenvalue weighted by atomic mass is 10.1. The van der Waals surface area contributed by atoms with Crippen LogP contribution in [-0.4, -0.2) is 18.7 Å². The van der Waals surface area contributed by atoms with Crippen molar-refractivity contribution in [2.75, 3.05) is 6.61 Å². The van der Waals surface area contributed by atoms with Crippen LogP contribution in [0.5, 0.6) is 11.5 Å². The van der Waals surface area contributed by atoms with Crippen LogP contribution in [0.25, 0.3) is 11.0 Å². The Hall–Kier alpha value is -4.57. The standard InChI is InChI=1S/C26H21N3O4/c1-2-31-24-13-18(11-12-23(24)32-17-21-9-4-3-8-20(21)15-27)16-28-29-26(30)25-14-19-7-5-6-10-22(19)33-25/h3-14,16H,2,17H2,1H3,(H,29,30)/b28-16+. The molecule has 0 radical (unpaired) electrons. The van der Waals surface area contributed by atoms with E-state index in [9.17, 15) is 10.1 Å². The van der Waals surface area contributed by atoms with Crippen LogP contribution in [0.4, 0.5) is 0 Å². The van der Waals surface area contributed by atoms with Crippen LogP contribution in [-0.2, 0) is 6.61 Å². The van der Waals surface area contributed by atoms with Gasteiger partial charge in [-0.05, 0) is 48.9 Å². The summed E-state index contributed by atoms with van der Waals surface area (Å²) in [5.74, 6) is 0.834. The van der Waals surface area contributed by atoms with Crippen LogP contribution >= 0.6 is 0 Å². The van der Waals surface area contributed by atoms with E-state index in [1.807, 2.05) is 43.3 Å². The fourth-order valence-electron chi connectivity index (χ4n) is 3.22. The van der Waals surface area contributed by atoms with E-state index in [1.54, 1.807) is 36.4 Å². The first-order valence-electron chi connectivity index (χ1n) is 10.4. The topological polar surface area (TPSA) is 96.8 Å². The maximum Gasteiger partial charge on any atom is 0.307 e. The van der Waals surface area contributed by atoms with Crippen LogP contribution in [0, 0.1) is 11.3 Å². The van der Waals surface area contributed by atoms with Gasteiger partial charge in [0.1, 0.15) is 12.2 Å². The maximum atomic E-state index is 12.3. The summed E-state index contributed by atoms with van der Waals surface area (Å²) < 4.78 is 17.1. The molecule has 0 bridgehead atoms. The number of hydrogen-bond acceptors (Lipinski definition) is 6. The molecular formula is C26H21N3O4.